The summed E-state index contributed by atoms with van der Waals surface area (Å²) < 4.78 is 30.5. The molecule has 0 fully saturated rings. The lowest BCUT2D eigenvalue weighted by Gasteiger charge is -2.08. The smallest absolute Gasteiger partial charge is 0.227 e. The van der Waals surface area contributed by atoms with E-state index >= 15 is 0 Å². The van der Waals surface area contributed by atoms with Gasteiger partial charge in [-0.1, -0.05) is 18.2 Å². The Morgan fingerprint density at radius 3 is 2.32 bits per heavy atom. The number of rotatable bonds is 5. The van der Waals surface area contributed by atoms with Gasteiger partial charge >= 0.3 is 0 Å². The van der Waals surface area contributed by atoms with Crippen molar-refractivity contribution in [3.63, 3.8) is 0 Å². The van der Waals surface area contributed by atoms with E-state index in [4.69, 9.17) is 4.74 Å². The normalized spacial score (nSPS) is 11.3. The third-order valence-corrected chi connectivity index (χ3v) is 6.05. The molecule has 0 saturated carbocycles. The number of anilines is 2. The average Bonchev–Trinajstić information content (AvgIpc) is 2.74. The second kappa shape index (κ2) is 7.28. The summed E-state index contributed by atoms with van der Waals surface area (Å²) in [5, 5.41) is 3.99. The minimum absolute atomic E-state index is 0.230. The van der Waals surface area contributed by atoms with Crippen LogP contribution in [0.5, 0.6) is 5.75 Å². The third-order valence-electron chi connectivity index (χ3n) is 4.26. The number of sulfone groups is 1. The highest BCUT2D eigenvalue weighted by Crippen LogP contribution is 2.24. The van der Waals surface area contributed by atoms with E-state index in [9.17, 15) is 8.42 Å². The van der Waals surface area contributed by atoms with E-state index in [1.807, 2.05) is 18.2 Å². The Balaban J connectivity index is 1.59. The second-order valence-corrected chi connectivity index (χ2v) is 8.03. The molecule has 28 heavy (non-hydrogen) atoms. The van der Waals surface area contributed by atoms with Crippen LogP contribution in [0, 0.1) is 0 Å². The van der Waals surface area contributed by atoms with Crippen LogP contribution in [0.15, 0.2) is 88.8 Å². The summed E-state index contributed by atoms with van der Waals surface area (Å²) in [6.45, 7) is 0. The Hall–Kier alpha value is -3.45. The van der Waals surface area contributed by atoms with Gasteiger partial charge in [-0.05, 0) is 48.5 Å². The summed E-state index contributed by atoms with van der Waals surface area (Å²) in [4.78, 5) is 9.27. The second-order valence-electron chi connectivity index (χ2n) is 6.08. The van der Waals surface area contributed by atoms with E-state index in [-0.39, 0.29) is 9.79 Å². The lowest BCUT2D eigenvalue weighted by Crippen LogP contribution is -2.02. The Bertz CT molecular complexity index is 1220. The zero-order valence-corrected chi connectivity index (χ0v) is 15.8. The van der Waals surface area contributed by atoms with Crippen molar-refractivity contribution < 1.29 is 13.2 Å². The lowest BCUT2D eigenvalue weighted by atomic mass is 10.2. The summed E-state index contributed by atoms with van der Waals surface area (Å²) in [7, 11) is -1.93. The molecule has 0 amide bonds. The van der Waals surface area contributed by atoms with Crippen LogP contribution in [-0.4, -0.2) is 25.5 Å². The van der Waals surface area contributed by atoms with Crippen LogP contribution in [0.25, 0.3) is 10.9 Å². The van der Waals surface area contributed by atoms with Crippen molar-refractivity contribution in [3.8, 4) is 5.75 Å². The van der Waals surface area contributed by atoms with E-state index in [0.29, 0.717) is 17.4 Å². The summed E-state index contributed by atoms with van der Waals surface area (Å²) in [6, 6.07) is 20.4. The van der Waals surface area contributed by atoms with Crippen molar-refractivity contribution in [2.75, 3.05) is 12.4 Å². The van der Waals surface area contributed by atoms with Crippen LogP contribution in [0.2, 0.25) is 0 Å². The lowest BCUT2D eigenvalue weighted by molar-refractivity contribution is 0.415. The van der Waals surface area contributed by atoms with Gasteiger partial charge in [0.1, 0.15) is 5.75 Å². The quantitative estimate of drug-likeness (QED) is 0.549. The highest BCUT2D eigenvalue weighted by Gasteiger charge is 2.16. The number of fused-ring (bicyclic) bond motifs is 1. The number of benzene rings is 3. The van der Waals surface area contributed by atoms with Crippen molar-refractivity contribution in [1.82, 2.24) is 9.97 Å². The number of nitrogens with zero attached hydrogens (tertiary/aromatic N) is 2. The van der Waals surface area contributed by atoms with Crippen LogP contribution in [0.1, 0.15) is 0 Å². The van der Waals surface area contributed by atoms with Gasteiger partial charge in [0.25, 0.3) is 0 Å². The van der Waals surface area contributed by atoms with Crippen molar-refractivity contribution in [3.05, 3.63) is 79.0 Å². The van der Waals surface area contributed by atoms with Crippen LogP contribution in [0.4, 0.5) is 11.6 Å². The largest absolute Gasteiger partial charge is 0.497 e. The Labute approximate surface area is 162 Å². The molecular formula is C21H17N3O3S. The van der Waals surface area contributed by atoms with Gasteiger partial charge in [0, 0.05) is 23.3 Å². The highest BCUT2D eigenvalue weighted by molar-refractivity contribution is 7.91. The minimum Gasteiger partial charge on any atom is -0.497 e. The molecule has 0 radical (unpaired) electrons. The molecule has 0 atom stereocenters. The average molecular weight is 391 g/mol. The third kappa shape index (κ3) is 3.52. The maximum absolute atomic E-state index is 12.7. The molecule has 140 valence electrons. The predicted molar refractivity (Wildman–Crippen MR) is 108 cm³/mol. The first-order chi connectivity index (χ1) is 13.6. The molecule has 0 aliphatic carbocycles. The monoisotopic (exact) mass is 391 g/mol. The fourth-order valence-corrected chi connectivity index (χ4v) is 4.05. The molecule has 0 aliphatic rings. The fraction of sp³-hybridized carbons (Fsp3) is 0.0476. The molecule has 4 aromatic rings. The standard InChI is InChI=1S/C21H17N3O3S/c1-27-17-10-7-15-14-22-21(24-20(15)13-17)23-16-8-11-19(12-9-16)28(25,26)18-5-3-2-4-6-18/h2-14H,1H3,(H,22,23,24). The van der Waals surface area contributed by atoms with Crippen LogP contribution < -0.4 is 10.1 Å². The zero-order chi connectivity index (χ0) is 19.6. The first-order valence-electron chi connectivity index (χ1n) is 8.54. The SMILES string of the molecule is COc1ccc2cnc(Nc3ccc(S(=O)(=O)c4ccccc4)cc3)nc2c1. The molecule has 4 rings (SSSR count). The van der Waals surface area contributed by atoms with Crippen LogP contribution in [-0.2, 0) is 9.84 Å². The predicted octanol–water partition coefficient (Wildman–Crippen LogP) is 4.21. The molecule has 1 heterocycles. The summed E-state index contributed by atoms with van der Waals surface area (Å²) in [5.74, 6) is 1.13. The van der Waals surface area contributed by atoms with Gasteiger partial charge in [-0.2, -0.15) is 0 Å². The van der Waals surface area contributed by atoms with Gasteiger partial charge in [-0.3, -0.25) is 0 Å². The number of methoxy groups -OCH3 is 1. The van der Waals surface area contributed by atoms with E-state index in [2.05, 4.69) is 15.3 Å². The Morgan fingerprint density at radius 1 is 0.893 bits per heavy atom. The van der Waals surface area contributed by atoms with Gasteiger partial charge in [0.2, 0.25) is 15.8 Å². The molecule has 6 nitrogen and oxygen atoms in total. The van der Waals surface area contributed by atoms with Crippen molar-refractivity contribution in [1.29, 1.82) is 0 Å². The molecule has 0 unspecified atom stereocenters. The first-order valence-corrected chi connectivity index (χ1v) is 10.0. The number of hydrogen-bond acceptors (Lipinski definition) is 6. The molecular weight excluding hydrogens is 374 g/mol. The minimum atomic E-state index is -3.54. The first kappa shape index (κ1) is 17.9. The van der Waals surface area contributed by atoms with Gasteiger partial charge in [0.15, 0.2) is 0 Å². The fourth-order valence-electron chi connectivity index (χ4n) is 2.77. The molecule has 0 aliphatic heterocycles. The van der Waals surface area contributed by atoms with Gasteiger partial charge < -0.3 is 10.1 Å². The van der Waals surface area contributed by atoms with E-state index in [1.165, 1.54) is 0 Å². The van der Waals surface area contributed by atoms with Crippen LogP contribution in [0.3, 0.4) is 0 Å². The summed E-state index contributed by atoms with van der Waals surface area (Å²) in [5.41, 5.74) is 1.44. The number of nitrogens with one attached hydrogen (secondary N) is 1. The van der Waals surface area contributed by atoms with Crippen LogP contribution >= 0.6 is 0 Å². The van der Waals surface area contributed by atoms with Crippen molar-refractivity contribution >= 4 is 32.4 Å². The summed E-state index contributed by atoms with van der Waals surface area (Å²) in [6.07, 6.45) is 1.72. The topological polar surface area (TPSA) is 81.2 Å². The van der Waals surface area contributed by atoms with Gasteiger partial charge in [0.05, 0.1) is 22.4 Å². The highest BCUT2D eigenvalue weighted by atomic mass is 32.2. The Morgan fingerprint density at radius 2 is 1.61 bits per heavy atom. The van der Waals surface area contributed by atoms with Crippen molar-refractivity contribution in [2.45, 2.75) is 9.79 Å². The van der Waals surface area contributed by atoms with Gasteiger partial charge in [-0.15, -0.1) is 0 Å². The van der Waals surface area contributed by atoms with E-state index < -0.39 is 9.84 Å². The number of aromatic nitrogens is 2. The molecule has 0 spiro atoms. The maximum Gasteiger partial charge on any atom is 0.227 e. The Kier molecular flexibility index (Phi) is 4.67. The molecule has 1 N–H and O–H groups in total. The van der Waals surface area contributed by atoms with Gasteiger partial charge in [-0.25, -0.2) is 18.4 Å². The van der Waals surface area contributed by atoms with E-state index in [0.717, 1.165) is 10.9 Å². The molecule has 7 heteroatoms. The number of ether oxygens (including phenoxy) is 1. The maximum atomic E-state index is 12.7. The zero-order valence-electron chi connectivity index (χ0n) is 15.0. The molecule has 1 aromatic heterocycles. The summed E-state index contributed by atoms with van der Waals surface area (Å²) >= 11 is 0. The molecule has 0 saturated heterocycles. The molecule has 0 bridgehead atoms. The number of hydrogen-bond donors (Lipinski definition) is 1. The van der Waals surface area contributed by atoms with Crippen molar-refractivity contribution in [2.24, 2.45) is 0 Å². The molecule has 3 aromatic carbocycles. The van der Waals surface area contributed by atoms with E-state index in [1.54, 1.807) is 67.9 Å².